The number of ether oxygens (including phenoxy) is 1. The largest absolute Gasteiger partial charge is 0.464 e. The second-order valence-corrected chi connectivity index (χ2v) is 8.83. The van der Waals surface area contributed by atoms with E-state index in [2.05, 4.69) is 16.9 Å². The van der Waals surface area contributed by atoms with Crippen molar-refractivity contribution in [1.82, 2.24) is 4.31 Å². The summed E-state index contributed by atoms with van der Waals surface area (Å²) >= 11 is 0. The van der Waals surface area contributed by atoms with Crippen LogP contribution >= 0.6 is 0 Å². The number of piperidine rings is 1. The van der Waals surface area contributed by atoms with Crippen molar-refractivity contribution in [3.8, 4) is 0 Å². The number of carbonyl (C=O) groups excluding carboxylic acids is 1. The van der Waals surface area contributed by atoms with Crippen LogP contribution in [0, 0.1) is 0 Å². The SMILES string of the molecule is O=C(OCCCCc1ccccc1)[C@@H]1CCCCN1S(=O)(=O)Nc1ccccc1. The molecule has 0 radical (unpaired) electrons. The van der Waals surface area contributed by atoms with Gasteiger partial charge in [-0.05, 0) is 56.2 Å². The van der Waals surface area contributed by atoms with Crippen LogP contribution in [0.3, 0.4) is 0 Å². The van der Waals surface area contributed by atoms with E-state index in [1.807, 2.05) is 24.3 Å². The van der Waals surface area contributed by atoms with E-state index < -0.39 is 22.2 Å². The third kappa shape index (κ3) is 6.30. The lowest BCUT2D eigenvalue weighted by Gasteiger charge is -2.33. The van der Waals surface area contributed by atoms with Gasteiger partial charge in [-0.3, -0.25) is 9.52 Å². The Labute approximate surface area is 173 Å². The molecule has 0 bridgehead atoms. The zero-order chi connectivity index (χ0) is 20.5. The summed E-state index contributed by atoms with van der Waals surface area (Å²) in [6, 6.07) is 18.1. The lowest BCUT2D eigenvalue weighted by Crippen LogP contribution is -2.50. The van der Waals surface area contributed by atoms with Crippen LogP contribution in [-0.4, -0.2) is 37.9 Å². The number of para-hydroxylation sites is 1. The third-order valence-corrected chi connectivity index (χ3v) is 6.55. The molecule has 1 saturated heterocycles. The molecular weight excluding hydrogens is 388 g/mol. The maximum absolute atomic E-state index is 12.8. The van der Waals surface area contributed by atoms with E-state index >= 15 is 0 Å². The predicted octanol–water partition coefficient (Wildman–Crippen LogP) is 3.76. The molecule has 156 valence electrons. The molecule has 0 aromatic heterocycles. The number of nitrogens with zero attached hydrogens (tertiary/aromatic N) is 1. The van der Waals surface area contributed by atoms with E-state index in [9.17, 15) is 13.2 Å². The standard InChI is InChI=1S/C22H28N2O4S/c25-22(28-18-10-8-13-19-11-3-1-4-12-19)21-16-7-9-17-24(21)29(26,27)23-20-14-5-2-6-15-20/h1-6,11-12,14-15,21,23H,7-10,13,16-18H2/t21-/m0/s1. The summed E-state index contributed by atoms with van der Waals surface area (Å²) in [6.45, 7) is 0.623. The smallest absolute Gasteiger partial charge is 0.324 e. The molecule has 6 nitrogen and oxygen atoms in total. The van der Waals surface area contributed by atoms with Crippen LogP contribution in [0.5, 0.6) is 0 Å². The highest BCUT2D eigenvalue weighted by atomic mass is 32.2. The average Bonchev–Trinajstić information content (AvgIpc) is 2.74. The van der Waals surface area contributed by atoms with Gasteiger partial charge in [-0.25, -0.2) is 0 Å². The predicted molar refractivity (Wildman–Crippen MR) is 114 cm³/mol. The Bertz CT molecular complexity index is 872. The lowest BCUT2D eigenvalue weighted by molar-refractivity contribution is -0.149. The van der Waals surface area contributed by atoms with E-state index in [-0.39, 0.29) is 0 Å². The van der Waals surface area contributed by atoms with Crippen molar-refractivity contribution >= 4 is 21.9 Å². The molecular formula is C22H28N2O4S. The minimum atomic E-state index is -3.82. The molecule has 2 aromatic carbocycles. The number of hydrogen-bond acceptors (Lipinski definition) is 4. The maximum atomic E-state index is 12.8. The second-order valence-electron chi connectivity index (χ2n) is 7.21. The van der Waals surface area contributed by atoms with Crippen molar-refractivity contribution in [3.63, 3.8) is 0 Å². The van der Waals surface area contributed by atoms with Crippen LogP contribution in [-0.2, 0) is 26.2 Å². The van der Waals surface area contributed by atoms with E-state index in [0.717, 1.165) is 32.1 Å². The van der Waals surface area contributed by atoms with E-state index in [4.69, 9.17) is 4.74 Å². The van der Waals surface area contributed by atoms with Gasteiger partial charge >= 0.3 is 16.2 Å². The average molecular weight is 417 g/mol. The topological polar surface area (TPSA) is 75.7 Å². The van der Waals surface area contributed by atoms with Crippen molar-refractivity contribution in [2.75, 3.05) is 17.9 Å². The molecule has 0 unspecified atom stereocenters. The van der Waals surface area contributed by atoms with Crippen molar-refractivity contribution in [1.29, 1.82) is 0 Å². The first-order valence-electron chi connectivity index (χ1n) is 10.1. The zero-order valence-corrected chi connectivity index (χ0v) is 17.3. The van der Waals surface area contributed by atoms with Gasteiger partial charge in [0.15, 0.2) is 0 Å². The number of anilines is 1. The van der Waals surface area contributed by atoms with Gasteiger partial charge in [-0.2, -0.15) is 12.7 Å². The molecule has 1 heterocycles. The minimum absolute atomic E-state index is 0.308. The van der Waals surface area contributed by atoms with E-state index in [0.29, 0.717) is 25.3 Å². The Morgan fingerprint density at radius 3 is 2.41 bits per heavy atom. The van der Waals surface area contributed by atoms with Crippen LogP contribution in [0.25, 0.3) is 0 Å². The van der Waals surface area contributed by atoms with Crippen LogP contribution in [0.15, 0.2) is 60.7 Å². The Morgan fingerprint density at radius 2 is 1.69 bits per heavy atom. The van der Waals surface area contributed by atoms with Gasteiger partial charge in [0.1, 0.15) is 6.04 Å². The molecule has 3 rings (SSSR count). The fourth-order valence-electron chi connectivity index (χ4n) is 3.49. The Kier molecular flexibility index (Phi) is 7.66. The fourth-order valence-corrected chi connectivity index (χ4v) is 4.93. The molecule has 1 N–H and O–H groups in total. The highest BCUT2D eigenvalue weighted by Gasteiger charge is 2.37. The first-order valence-corrected chi connectivity index (χ1v) is 11.6. The molecule has 0 aliphatic carbocycles. The number of rotatable bonds is 9. The van der Waals surface area contributed by atoms with Crippen molar-refractivity contribution in [3.05, 3.63) is 66.2 Å². The number of aryl methyl sites for hydroxylation is 1. The van der Waals surface area contributed by atoms with Crippen LogP contribution < -0.4 is 4.72 Å². The van der Waals surface area contributed by atoms with Crippen LogP contribution in [0.4, 0.5) is 5.69 Å². The Balaban J connectivity index is 1.51. The molecule has 0 amide bonds. The van der Waals surface area contributed by atoms with Gasteiger partial charge in [0.25, 0.3) is 0 Å². The Morgan fingerprint density at radius 1 is 1.00 bits per heavy atom. The summed E-state index contributed by atoms with van der Waals surface area (Å²) in [5.74, 6) is -0.456. The van der Waals surface area contributed by atoms with Gasteiger partial charge < -0.3 is 4.74 Å². The van der Waals surface area contributed by atoms with Gasteiger partial charge in [0.2, 0.25) is 0 Å². The lowest BCUT2D eigenvalue weighted by atomic mass is 10.1. The van der Waals surface area contributed by atoms with Crippen molar-refractivity contribution < 1.29 is 17.9 Å². The number of esters is 1. The van der Waals surface area contributed by atoms with Gasteiger partial charge in [0.05, 0.1) is 6.61 Å². The van der Waals surface area contributed by atoms with Crippen LogP contribution in [0.2, 0.25) is 0 Å². The summed E-state index contributed by atoms with van der Waals surface area (Å²) in [5, 5.41) is 0. The molecule has 7 heteroatoms. The number of unbranched alkanes of at least 4 members (excludes halogenated alkanes) is 1. The quantitative estimate of drug-likeness (QED) is 0.499. The molecule has 1 fully saturated rings. The summed E-state index contributed by atoms with van der Waals surface area (Å²) in [5.41, 5.74) is 1.74. The second kappa shape index (κ2) is 10.4. The summed E-state index contributed by atoms with van der Waals surface area (Å²) in [6.07, 6.45) is 4.63. The fraction of sp³-hybridized carbons (Fsp3) is 0.409. The van der Waals surface area contributed by atoms with Crippen molar-refractivity contribution in [2.45, 2.75) is 44.6 Å². The normalized spacial score (nSPS) is 17.6. The summed E-state index contributed by atoms with van der Waals surface area (Å²) < 4.78 is 34.8. The van der Waals surface area contributed by atoms with Crippen molar-refractivity contribution in [2.24, 2.45) is 0 Å². The molecule has 29 heavy (non-hydrogen) atoms. The van der Waals surface area contributed by atoms with E-state index in [1.165, 1.54) is 9.87 Å². The minimum Gasteiger partial charge on any atom is -0.464 e. The molecule has 0 saturated carbocycles. The third-order valence-electron chi connectivity index (χ3n) is 5.00. The number of hydrogen-bond donors (Lipinski definition) is 1. The summed E-state index contributed by atoms with van der Waals surface area (Å²) in [4.78, 5) is 12.6. The highest BCUT2D eigenvalue weighted by Crippen LogP contribution is 2.23. The molecule has 0 spiro atoms. The van der Waals surface area contributed by atoms with Gasteiger partial charge in [0, 0.05) is 12.2 Å². The highest BCUT2D eigenvalue weighted by molar-refractivity contribution is 7.90. The first-order chi connectivity index (χ1) is 14.1. The van der Waals surface area contributed by atoms with Crippen LogP contribution in [0.1, 0.15) is 37.7 Å². The van der Waals surface area contributed by atoms with E-state index in [1.54, 1.807) is 24.3 Å². The molecule has 1 aliphatic rings. The van der Waals surface area contributed by atoms with Gasteiger partial charge in [-0.15, -0.1) is 0 Å². The molecule has 1 aliphatic heterocycles. The molecule has 1 atom stereocenters. The summed E-state index contributed by atoms with van der Waals surface area (Å²) in [7, 11) is -3.82. The number of nitrogens with one attached hydrogen (secondary N) is 1. The number of carbonyl (C=O) groups is 1. The Hall–Kier alpha value is -2.38. The number of benzene rings is 2. The maximum Gasteiger partial charge on any atom is 0.324 e. The first kappa shape index (κ1) is 21.3. The molecule has 2 aromatic rings. The monoisotopic (exact) mass is 416 g/mol. The zero-order valence-electron chi connectivity index (χ0n) is 16.5. The van der Waals surface area contributed by atoms with Gasteiger partial charge in [-0.1, -0.05) is 48.5 Å².